The molecule has 6 heteroatoms. The number of H-pyrrole nitrogens is 1. The molecule has 0 bridgehead atoms. The van der Waals surface area contributed by atoms with Crippen molar-refractivity contribution < 1.29 is 9.59 Å². The van der Waals surface area contributed by atoms with Gasteiger partial charge in [-0.15, -0.1) is 0 Å². The van der Waals surface area contributed by atoms with Crippen LogP contribution in [0.25, 0.3) is 11.1 Å². The van der Waals surface area contributed by atoms with Crippen molar-refractivity contribution in [3.63, 3.8) is 0 Å². The van der Waals surface area contributed by atoms with E-state index in [2.05, 4.69) is 45.7 Å². The standard InChI is InChI=1S/C27H28N4O2/c1-4-23-25(19(3)32)18(2)30-26(23)27(33)28-16-22-8-5-6-9-24(22)21-12-10-20(11-13-21)17-31-15-7-14-29-31/h5-15,30H,4,16-17H2,1-3H3,(H,28,33). The summed E-state index contributed by atoms with van der Waals surface area (Å²) >= 11 is 0. The molecule has 0 aliphatic rings. The molecule has 6 nitrogen and oxygen atoms in total. The van der Waals surface area contributed by atoms with Crippen molar-refractivity contribution in [2.75, 3.05) is 0 Å². The monoisotopic (exact) mass is 440 g/mol. The molecule has 2 N–H and O–H groups in total. The van der Waals surface area contributed by atoms with Gasteiger partial charge in [-0.05, 0) is 54.2 Å². The Bertz CT molecular complexity index is 1270. The summed E-state index contributed by atoms with van der Waals surface area (Å²) in [6, 6.07) is 18.4. The minimum absolute atomic E-state index is 0.0269. The number of carbonyl (C=O) groups excluding carboxylic acids is 2. The van der Waals surface area contributed by atoms with Gasteiger partial charge in [-0.1, -0.05) is 55.5 Å². The fraction of sp³-hybridized carbons (Fsp3) is 0.222. The Labute approximate surface area is 193 Å². The van der Waals surface area contributed by atoms with Crippen LogP contribution in [-0.2, 0) is 19.5 Å². The van der Waals surface area contributed by atoms with Gasteiger partial charge in [0.25, 0.3) is 5.91 Å². The number of amides is 1. The first-order chi connectivity index (χ1) is 16.0. The maximum absolute atomic E-state index is 13.0. The third kappa shape index (κ3) is 4.80. The fourth-order valence-electron chi connectivity index (χ4n) is 4.29. The van der Waals surface area contributed by atoms with Gasteiger partial charge in [0.15, 0.2) is 5.78 Å². The number of ketones is 1. The molecule has 2 aromatic heterocycles. The summed E-state index contributed by atoms with van der Waals surface area (Å²) in [5.41, 5.74) is 6.97. The Kier molecular flexibility index (Phi) is 6.54. The molecule has 0 aliphatic heterocycles. The third-order valence-corrected chi connectivity index (χ3v) is 5.85. The lowest BCUT2D eigenvalue weighted by Crippen LogP contribution is -2.24. The van der Waals surface area contributed by atoms with Crippen LogP contribution in [0.1, 0.15) is 57.1 Å². The van der Waals surface area contributed by atoms with Crippen LogP contribution in [0.15, 0.2) is 67.0 Å². The molecule has 4 aromatic rings. The van der Waals surface area contributed by atoms with E-state index in [1.165, 1.54) is 12.5 Å². The van der Waals surface area contributed by atoms with Gasteiger partial charge in [-0.3, -0.25) is 14.3 Å². The average Bonchev–Trinajstić information content (AvgIpc) is 3.45. The van der Waals surface area contributed by atoms with Crippen molar-refractivity contribution in [1.82, 2.24) is 20.1 Å². The first-order valence-electron chi connectivity index (χ1n) is 11.1. The van der Waals surface area contributed by atoms with Gasteiger partial charge in [0.1, 0.15) is 5.69 Å². The van der Waals surface area contributed by atoms with Crippen LogP contribution in [0.4, 0.5) is 0 Å². The number of aryl methyl sites for hydroxylation is 1. The maximum Gasteiger partial charge on any atom is 0.268 e. The van der Waals surface area contributed by atoms with E-state index in [1.54, 1.807) is 6.20 Å². The topological polar surface area (TPSA) is 79.8 Å². The van der Waals surface area contributed by atoms with Gasteiger partial charge in [-0.25, -0.2) is 0 Å². The normalized spacial score (nSPS) is 10.9. The molecule has 0 fully saturated rings. The van der Waals surface area contributed by atoms with Gasteiger partial charge >= 0.3 is 0 Å². The van der Waals surface area contributed by atoms with Crippen LogP contribution in [0.2, 0.25) is 0 Å². The number of rotatable bonds is 8. The molecule has 2 aromatic carbocycles. The van der Waals surface area contributed by atoms with Crippen molar-refractivity contribution in [3.05, 3.63) is 101 Å². The summed E-state index contributed by atoms with van der Waals surface area (Å²) in [5.74, 6) is -0.229. The Morgan fingerprint density at radius 3 is 2.48 bits per heavy atom. The largest absolute Gasteiger partial charge is 0.354 e. The summed E-state index contributed by atoms with van der Waals surface area (Å²) in [6.45, 7) is 6.44. The van der Waals surface area contributed by atoms with E-state index in [0.29, 0.717) is 24.2 Å². The number of aromatic amines is 1. The quantitative estimate of drug-likeness (QED) is 0.381. The zero-order chi connectivity index (χ0) is 23.4. The number of benzene rings is 2. The Balaban J connectivity index is 1.51. The van der Waals surface area contributed by atoms with Crippen LogP contribution in [0.3, 0.4) is 0 Å². The number of hydrogen-bond acceptors (Lipinski definition) is 3. The molecule has 33 heavy (non-hydrogen) atoms. The molecule has 1 amide bonds. The summed E-state index contributed by atoms with van der Waals surface area (Å²) in [7, 11) is 0. The van der Waals surface area contributed by atoms with Crippen LogP contribution in [-0.4, -0.2) is 26.5 Å². The number of aromatic nitrogens is 3. The molecule has 0 radical (unpaired) electrons. The molecular formula is C27H28N4O2. The number of nitrogens with one attached hydrogen (secondary N) is 2. The number of nitrogens with zero attached hydrogens (tertiary/aromatic N) is 2. The first kappa shape index (κ1) is 22.3. The van der Waals surface area contributed by atoms with Crippen molar-refractivity contribution in [1.29, 1.82) is 0 Å². The number of carbonyl (C=O) groups is 2. The molecule has 0 saturated heterocycles. The van der Waals surface area contributed by atoms with Crippen LogP contribution in [0, 0.1) is 6.92 Å². The molecule has 2 heterocycles. The lowest BCUT2D eigenvalue weighted by molar-refractivity contribution is 0.0945. The first-order valence-corrected chi connectivity index (χ1v) is 11.1. The third-order valence-electron chi connectivity index (χ3n) is 5.85. The van der Waals surface area contributed by atoms with Gasteiger partial charge < -0.3 is 10.3 Å². The number of hydrogen-bond donors (Lipinski definition) is 2. The van der Waals surface area contributed by atoms with Gasteiger partial charge in [0.2, 0.25) is 0 Å². The minimum Gasteiger partial charge on any atom is -0.354 e. The predicted octanol–water partition coefficient (Wildman–Crippen LogP) is 4.93. The zero-order valence-corrected chi connectivity index (χ0v) is 19.2. The van der Waals surface area contributed by atoms with E-state index in [-0.39, 0.29) is 11.7 Å². The maximum atomic E-state index is 13.0. The summed E-state index contributed by atoms with van der Waals surface area (Å²) in [4.78, 5) is 28.1. The molecule has 0 unspecified atom stereocenters. The van der Waals surface area contributed by atoms with Crippen molar-refractivity contribution >= 4 is 11.7 Å². The molecule has 168 valence electrons. The van der Waals surface area contributed by atoms with Crippen LogP contribution < -0.4 is 5.32 Å². The second-order valence-corrected chi connectivity index (χ2v) is 8.13. The Morgan fingerprint density at radius 2 is 1.82 bits per heavy atom. The highest BCUT2D eigenvalue weighted by atomic mass is 16.2. The van der Waals surface area contributed by atoms with E-state index in [1.807, 2.05) is 49.0 Å². The van der Waals surface area contributed by atoms with E-state index >= 15 is 0 Å². The van der Waals surface area contributed by atoms with Crippen molar-refractivity contribution in [2.45, 2.75) is 40.3 Å². The van der Waals surface area contributed by atoms with Gasteiger partial charge in [0, 0.05) is 30.2 Å². The zero-order valence-electron chi connectivity index (χ0n) is 19.2. The molecule has 0 atom stereocenters. The van der Waals surface area contributed by atoms with Crippen LogP contribution in [0.5, 0.6) is 0 Å². The lowest BCUT2D eigenvalue weighted by Gasteiger charge is -2.12. The van der Waals surface area contributed by atoms with Gasteiger partial charge in [-0.2, -0.15) is 5.10 Å². The summed E-state index contributed by atoms with van der Waals surface area (Å²) in [6.07, 6.45) is 4.34. The molecular weight excluding hydrogens is 412 g/mol. The number of Topliss-reactive ketones (excluding diaryl/α,β-unsaturated/α-hetero) is 1. The SMILES string of the molecule is CCc1c(C(=O)NCc2ccccc2-c2ccc(Cn3cccn3)cc2)[nH]c(C)c1C(C)=O. The molecule has 0 saturated carbocycles. The van der Waals surface area contributed by atoms with Crippen molar-refractivity contribution in [2.24, 2.45) is 0 Å². The summed E-state index contributed by atoms with van der Waals surface area (Å²) in [5, 5.41) is 7.28. The highest BCUT2D eigenvalue weighted by molar-refractivity contribution is 6.02. The smallest absolute Gasteiger partial charge is 0.268 e. The fourth-order valence-corrected chi connectivity index (χ4v) is 4.29. The van der Waals surface area contributed by atoms with Crippen molar-refractivity contribution in [3.8, 4) is 11.1 Å². The predicted molar refractivity (Wildman–Crippen MR) is 129 cm³/mol. The second kappa shape index (κ2) is 9.69. The Morgan fingerprint density at radius 1 is 1.06 bits per heavy atom. The van der Waals surface area contributed by atoms with E-state index in [0.717, 1.165) is 34.5 Å². The lowest BCUT2D eigenvalue weighted by atomic mass is 9.98. The average molecular weight is 441 g/mol. The van der Waals surface area contributed by atoms with E-state index in [4.69, 9.17) is 0 Å². The summed E-state index contributed by atoms with van der Waals surface area (Å²) < 4.78 is 1.89. The molecule has 0 aliphatic carbocycles. The van der Waals surface area contributed by atoms with Crippen LogP contribution >= 0.6 is 0 Å². The minimum atomic E-state index is -0.202. The highest BCUT2D eigenvalue weighted by Gasteiger charge is 2.21. The Hall–Kier alpha value is -3.93. The van der Waals surface area contributed by atoms with E-state index < -0.39 is 0 Å². The van der Waals surface area contributed by atoms with E-state index in [9.17, 15) is 9.59 Å². The molecule has 4 rings (SSSR count). The highest BCUT2D eigenvalue weighted by Crippen LogP contribution is 2.25. The second-order valence-electron chi connectivity index (χ2n) is 8.13. The van der Waals surface area contributed by atoms with Gasteiger partial charge in [0.05, 0.1) is 6.54 Å². The molecule has 0 spiro atoms.